The van der Waals surface area contributed by atoms with Crippen molar-refractivity contribution in [3.63, 3.8) is 0 Å². The number of piperidine rings is 2. The third-order valence-corrected chi connectivity index (χ3v) is 8.74. The number of amides is 3. The van der Waals surface area contributed by atoms with Gasteiger partial charge in [0.2, 0.25) is 0 Å². The maximum absolute atomic E-state index is 13.5. The normalized spacial score (nSPS) is 27.4. The van der Waals surface area contributed by atoms with Gasteiger partial charge in [-0.3, -0.25) is 9.69 Å². The lowest BCUT2D eigenvalue weighted by Crippen LogP contribution is -2.62. The van der Waals surface area contributed by atoms with Gasteiger partial charge in [-0.2, -0.15) is 0 Å². The van der Waals surface area contributed by atoms with Crippen molar-refractivity contribution in [2.45, 2.75) is 43.6 Å². The summed E-state index contributed by atoms with van der Waals surface area (Å²) in [6.45, 7) is 4.57. The fourth-order valence-electron chi connectivity index (χ4n) is 5.66. The van der Waals surface area contributed by atoms with Crippen LogP contribution in [0.25, 0.3) is 0 Å². The minimum absolute atomic E-state index is 0.0190. The Labute approximate surface area is 215 Å². The monoisotopic (exact) mass is 505 g/mol. The molecule has 3 saturated heterocycles. The first-order valence-electron chi connectivity index (χ1n) is 12.7. The van der Waals surface area contributed by atoms with Crippen molar-refractivity contribution in [1.29, 1.82) is 0 Å². The number of para-hydroxylation sites is 1. The Bertz CT molecular complexity index is 1200. The first-order valence-corrected chi connectivity index (χ1v) is 13.6. The second-order valence-corrected chi connectivity index (χ2v) is 11.0. The number of anilines is 1. The van der Waals surface area contributed by atoms with E-state index in [1.54, 1.807) is 11.8 Å². The van der Waals surface area contributed by atoms with E-state index in [4.69, 9.17) is 4.74 Å². The SMILES string of the molecule is Cc1cc(N2C(=O)NC3=C(C(=O)N[C@@H]4CCCNC4)SC4NCCC2C34)ccc1Oc1ccccc1. The molecule has 4 heterocycles. The second kappa shape index (κ2) is 9.80. The predicted molar refractivity (Wildman–Crippen MR) is 141 cm³/mol. The van der Waals surface area contributed by atoms with Crippen molar-refractivity contribution in [3.05, 3.63) is 64.7 Å². The number of hydrogen-bond donors (Lipinski definition) is 4. The highest BCUT2D eigenvalue weighted by Crippen LogP contribution is 2.48. The lowest BCUT2D eigenvalue weighted by molar-refractivity contribution is -0.117. The standard InChI is InChI=1S/C27H31N5O3S/c1-16-14-18(9-10-21(16)35-19-7-3-2-4-8-19)32-20-11-13-29-26-22(20)23(31-27(32)34)24(36-26)25(33)30-17-6-5-12-28-15-17/h2-4,7-10,14,17,20,22,26,28-29H,5-6,11-13,15H2,1H3,(H,30,33)(H,31,34)/t17-,20?,22?,26?/m1/s1. The molecule has 3 unspecified atom stereocenters. The van der Waals surface area contributed by atoms with Gasteiger partial charge in [-0.05, 0) is 75.2 Å². The number of thioether (sulfide) groups is 1. The molecule has 4 aliphatic heterocycles. The van der Waals surface area contributed by atoms with Gasteiger partial charge in [-0.25, -0.2) is 4.79 Å². The molecule has 3 fully saturated rings. The molecule has 0 aromatic heterocycles. The third-order valence-electron chi connectivity index (χ3n) is 7.39. The van der Waals surface area contributed by atoms with E-state index in [9.17, 15) is 9.59 Å². The summed E-state index contributed by atoms with van der Waals surface area (Å²) in [4.78, 5) is 29.2. The molecule has 0 bridgehead atoms. The number of carbonyl (C=O) groups is 2. The smallest absolute Gasteiger partial charge is 0.326 e. The molecule has 4 atom stereocenters. The molecule has 3 amide bonds. The first-order chi connectivity index (χ1) is 17.6. The average molecular weight is 506 g/mol. The van der Waals surface area contributed by atoms with E-state index < -0.39 is 0 Å². The zero-order valence-corrected chi connectivity index (χ0v) is 21.1. The van der Waals surface area contributed by atoms with Gasteiger partial charge in [-0.1, -0.05) is 30.0 Å². The minimum atomic E-state index is -0.185. The minimum Gasteiger partial charge on any atom is -0.457 e. The molecule has 4 N–H and O–H groups in total. The van der Waals surface area contributed by atoms with Crippen LogP contribution < -0.4 is 30.9 Å². The van der Waals surface area contributed by atoms with Crippen LogP contribution in [0.1, 0.15) is 24.8 Å². The van der Waals surface area contributed by atoms with Gasteiger partial charge in [0.1, 0.15) is 11.5 Å². The molecule has 0 spiro atoms. The summed E-state index contributed by atoms with van der Waals surface area (Å²) in [7, 11) is 0. The van der Waals surface area contributed by atoms with E-state index in [0.29, 0.717) is 4.91 Å². The molecule has 0 radical (unpaired) electrons. The van der Waals surface area contributed by atoms with Gasteiger partial charge < -0.3 is 26.0 Å². The van der Waals surface area contributed by atoms with Crippen molar-refractivity contribution in [3.8, 4) is 11.5 Å². The number of carbonyl (C=O) groups excluding carboxylic acids is 2. The quantitative estimate of drug-likeness (QED) is 0.497. The molecule has 2 aromatic rings. The summed E-state index contributed by atoms with van der Waals surface area (Å²) in [5, 5.41) is 13.2. The topological polar surface area (TPSA) is 94.7 Å². The molecule has 0 aliphatic carbocycles. The fourth-order valence-corrected chi connectivity index (χ4v) is 7.06. The lowest BCUT2D eigenvalue weighted by Gasteiger charge is -2.46. The second-order valence-electron chi connectivity index (χ2n) is 9.80. The van der Waals surface area contributed by atoms with Gasteiger partial charge in [0.15, 0.2) is 0 Å². The highest BCUT2D eigenvalue weighted by atomic mass is 32.2. The number of benzene rings is 2. The first kappa shape index (κ1) is 23.4. The molecule has 4 aliphatic rings. The zero-order chi connectivity index (χ0) is 24.6. The molecular formula is C27H31N5O3S. The number of hydrogen-bond acceptors (Lipinski definition) is 6. The summed E-state index contributed by atoms with van der Waals surface area (Å²) in [5.41, 5.74) is 2.56. The summed E-state index contributed by atoms with van der Waals surface area (Å²) >= 11 is 1.55. The molecule has 0 saturated carbocycles. The van der Waals surface area contributed by atoms with Crippen molar-refractivity contribution in [1.82, 2.24) is 21.3 Å². The number of nitrogens with one attached hydrogen (secondary N) is 4. The van der Waals surface area contributed by atoms with Gasteiger partial charge in [0.05, 0.1) is 16.3 Å². The Morgan fingerprint density at radius 1 is 1.14 bits per heavy atom. The van der Waals surface area contributed by atoms with Crippen LogP contribution in [-0.2, 0) is 4.79 Å². The Balaban J connectivity index is 1.25. The highest BCUT2D eigenvalue weighted by molar-refractivity contribution is 8.04. The van der Waals surface area contributed by atoms with Crippen LogP contribution >= 0.6 is 11.8 Å². The molecule has 36 heavy (non-hydrogen) atoms. The van der Waals surface area contributed by atoms with Crippen molar-refractivity contribution >= 4 is 29.4 Å². The van der Waals surface area contributed by atoms with Crippen molar-refractivity contribution in [2.75, 3.05) is 24.5 Å². The van der Waals surface area contributed by atoms with Crippen LogP contribution in [0.5, 0.6) is 11.5 Å². The summed E-state index contributed by atoms with van der Waals surface area (Å²) in [5.74, 6) is 1.49. The van der Waals surface area contributed by atoms with Gasteiger partial charge in [0.25, 0.3) is 5.91 Å². The molecule has 188 valence electrons. The number of aryl methyl sites for hydroxylation is 1. The average Bonchev–Trinajstić information content (AvgIpc) is 3.26. The van der Waals surface area contributed by atoms with E-state index >= 15 is 0 Å². The number of rotatable bonds is 5. The van der Waals surface area contributed by atoms with Crippen LogP contribution in [0.15, 0.2) is 59.1 Å². The lowest BCUT2D eigenvalue weighted by atomic mass is 9.86. The van der Waals surface area contributed by atoms with Crippen LogP contribution in [-0.4, -0.2) is 49.0 Å². The number of nitrogens with zero attached hydrogens (tertiary/aromatic N) is 1. The zero-order valence-electron chi connectivity index (χ0n) is 20.3. The fraction of sp³-hybridized carbons (Fsp3) is 0.407. The van der Waals surface area contributed by atoms with Gasteiger partial charge >= 0.3 is 6.03 Å². The highest BCUT2D eigenvalue weighted by Gasteiger charge is 2.51. The Morgan fingerprint density at radius 2 is 2.00 bits per heavy atom. The molecular weight excluding hydrogens is 474 g/mol. The molecule has 6 rings (SSSR count). The molecule has 9 heteroatoms. The van der Waals surface area contributed by atoms with Crippen LogP contribution in [0, 0.1) is 12.8 Å². The van der Waals surface area contributed by atoms with Gasteiger partial charge in [0, 0.05) is 29.9 Å². The Kier molecular flexibility index (Phi) is 6.37. The predicted octanol–water partition coefficient (Wildman–Crippen LogP) is 3.45. The van der Waals surface area contributed by atoms with Crippen LogP contribution in [0.2, 0.25) is 0 Å². The maximum atomic E-state index is 13.5. The molecule has 2 aromatic carbocycles. The number of urea groups is 1. The summed E-state index contributed by atoms with van der Waals surface area (Å²) < 4.78 is 6.04. The van der Waals surface area contributed by atoms with E-state index in [1.807, 2.05) is 60.4 Å². The van der Waals surface area contributed by atoms with E-state index in [-0.39, 0.29) is 35.3 Å². The third kappa shape index (κ3) is 4.36. The Morgan fingerprint density at radius 3 is 2.78 bits per heavy atom. The molecule has 8 nitrogen and oxygen atoms in total. The van der Waals surface area contributed by atoms with Crippen molar-refractivity contribution < 1.29 is 14.3 Å². The van der Waals surface area contributed by atoms with E-state index in [1.165, 1.54) is 0 Å². The van der Waals surface area contributed by atoms with E-state index in [2.05, 4.69) is 21.3 Å². The number of ether oxygens (including phenoxy) is 1. The maximum Gasteiger partial charge on any atom is 0.326 e. The largest absolute Gasteiger partial charge is 0.457 e. The van der Waals surface area contributed by atoms with E-state index in [0.717, 1.165) is 67.3 Å². The van der Waals surface area contributed by atoms with Gasteiger partial charge in [-0.15, -0.1) is 0 Å². The summed E-state index contributed by atoms with van der Waals surface area (Å²) in [6.07, 6.45) is 2.85. The Hall–Kier alpha value is -3.01. The van der Waals surface area contributed by atoms with Crippen LogP contribution in [0.3, 0.4) is 0 Å². The summed E-state index contributed by atoms with van der Waals surface area (Å²) in [6, 6.07) is 15.5. The van der Waals surface area contributed by atoms with Crippen molar-refractivity contribution in [2.24, 2.45) is 5.92 Å². The van der Waals surface area contributed by atoms with Crippen LogP contribution in [0.4, 0.5) is 10.5 Å².